The molecule has 0 bridgehead atoms. The molecule has 3 aromatic rings. The third-order valence-electron chi connectivity index (χ3n) is 4.98. The summed E-state index contributed by atoms with van der Waals surface area (Å²) in [7, 11) is 0. The lowest BCUT2D eigenvalue weighted by Gasteiger charge is -2.33. The minimum Gasteiger partial charge on any atom is -0.366 e. The maximum atomic E-state index is 9.27. The molecule has 1 fully saturated rings. The van der Waals surface area contributed by atoms with Crippen LogP contribution in [0.3, 0.4) is 0 Å². The number of nitrogens with zero attached hydrogens (tertiary/aromatic N) is 3. The summed E-state index contributed by atoms with van der Waals surface area (Å²) in [5.74, 6) is 1.93. The zero-order valence-electron chi connectivity index (χ0n) is 14.8. The third kappa shape index (κ3) is 3.33. The second-order valence-corrected chi connectivity index (χ2v) is 7.02. The minimum absolute atomic E-state index is 0.408. The number of nitriles is 1. The number of aromatic nitrogens is 3. The van der Waals surface area contributed by atoms with Crippen molar-refractivity contribution in [2.75, 3.05) is 17.2 Å². The smallest absolute Gasteiger partial charge is 0.224 e. The molecule has 1 aromatic carbocycles. The van der Waals surface area contributed by atoms with Crippen molar-refractivity contribution in [2.45, 2.75) is 32.2 Å². The van der Waals surface area contributed by atoms with Gasteiger partial charge in [0.05, 0.1) is 6.20 Å². The van der Waals surface area contributed by atoms with E-state index in [9.17, 15) is 5.26 Å². The molecule has 1 saturated carbocycles. The lowest BCUT2D eigenvalue weighted by Crippen LogP contribution is -2.34. The van der Waals surface area contributed by atoms with Gasteiger partial charge in [-0.2, -0.15) is 10.2 Å². The van der Waals surface area contributed by atoms with Gasteiger partial charge in [-0.3, -0.25) is 0 Å². The molecule has 0 saturated heterocycles. The molecule has 4 rings (SSSR count). The van der Waals surface area contributed by atoms with Gasteiger partial charge in [-0.25, -0.2) is 4.98 Å². The number of rotatable bonds is 6. The Morgan fingerprint density at radius 1 is 1.31 bits per heavy atom. The number of nitrogens with one attached hydrogen (secondary N) is 3. The Labute approximate surface area is 152 Å². The fraction of sp³-hybridized carbons (Fsp3) is 0.350. The van der Waals surface area contributed by atoms with E-state index in [1.807, 2.05) is 6.07 Å². The molecule has 2 heterocycles. The Morgan fingerprint density at radius 2 is 2.15 bits per heavy atom. The average molecular weight is 346 g/mol. The Bertz CT molecular complexity index is 948. The molecule has 0 atom stereocenters. The van der Waals surface area contributed by atoms with E-state index in [4.69, 9.17) is 0 Å². The van der Waals surface area contributed by atoms with E-state index < -0.39 is 0 Å². The highest BCUT2D eigenvalue weighted by Gasteiger charge is 2.26. The van der Waals surface area contributed by atoms with E-state index in [2.05, 4.69) is 63.0 Å². The summed E-state index contributed by atoms with van der Waals surface area (Å²) < 4.78 is 0. The summed E-state index contributed by atoms with van der Waals surface area (Å²) in [6, 6.07) is 10.9. The molecule has 6 nitrogen and oxygen atoms in total. The average Bonchev–Trinajstić information content (AvgIpc) is 3.04. The van der Waals surface area contributed by atoms with Crippen LogP contribution in [-0.2, 0) is 6.42 Å². The second-order valence-electron chi connectivity index (χ2n) is 7.02. The number of H-pyrrole nitrogens is 1. The van der Waals surface area contributed by atoms with E-state index in [1.54, 1.807) is 6.20 Å². The van der Waals surface area contributed by atoms with Crippen LogP contribution in [0, 0.1) is 17.2 Å². The van der Waals surface area contributed by atoms with Crippen molar-refractivity contribution >= 4 is 22.7 Å². The van der Waals surface area contributed by atoms with E-state index in [0.29, 0.717) is 23.4 Å². The zero-order valence-corrected chi connectivity index (χ0v) is 14.8. The van der Waals surface area contributed by atoms with E-state index in [-0.39, 0.29) is 0 Å². The fourth-order valence-electron chi connectivity index (χ4n) is 3.52. The van der Waals surface area contributed by atoms with Crippen LogP contribution in [0.4, 0.5) is 11.8 Å². The van der Waals surface area contributed by atoms with Crippen molar-refractivity contribution in [3.8, 4) is 6.07 Å². The van der Waals surface area contributed by atoms with Crippen molar-refractivity contribution in [1.29, 1.82) is 5.26 Å². The predicted octanol–water partition coefficient (Wildman–Crippen LogP) is 3.69. The molecule has 2 aromatic heterocycles. The van der Waals surface area contributed by atoms with Gasteiger partial charge in [0, 0.05) is 29.7 Å². The number of aromatic amines is 1. The maximum Gasteiger partial charge on any atom is 0.224 e. The first-order valence-electron chi connectivity index (χ1n) is 9.05. The Morgan fingerprint density at radius 3 is 2.96 bits per heavy atom. The monoisotopic (exact) mass is 346 g/mol. The zero-order chi connectivity index (χ0) is 17.9. The van der Waals surface area contributed by atoms with Gasteiger partial charge in [-0.15, -0.1) is 0 Å². The van der Waals surface area contributed by atoms with E-state index in [1.165, 1.54) is 10.9 Å². The Balaban J connectivity index is 1.40. The molecule has 3 N–H and O–H groups in total. The molecule has 0 spiro atoms. The first-order valence-corrected chi connectivity index (χ1v) is 9.05. The lowest BCUT2D eigenvalue weighted by molar-refractivity contribution is 0.308. The molecular formula is C20H22N6. The van der Waals surface area contributed by atoms with Crippen LogP contribution in [0.5, 0.6) is 0 Å². The van der Waals surface area contributed by atoms with Crippen LogP contribution in [0.15, 0.2) is 36.7 Å². The van der Waals surface area contributed by atoms with Gasteiger partial charge in [0.15, 0.2) is 0 Å². The van der Waals surface area contributed by atoms with Crippen LogP contribution in [0.2, 0.25) is 0 Å². The topological polar surface area (TPSA) is 89.4 Å². The Kier molecular flexibility index (Phi) is 4.44. The number of anilines is 2. The molecule has 132 valence electrons. The quantitative estimate of drug-likeness (QED) is 0.633. The van der Waals surface area contributed by atoms with Gasteiger partial charge < -0.3 is 15.6 Å². The van der Waals surface area contributed by atoms with Crippen LogP contribution in [0.25, 0.3) is 10.9 Å². The first kappa shape index (κ1) is 16.4. The Hall–Kier alpha value is -3.07. The number of para-hydroxylation sites is 1. The molecule has 0 radical (unpaired) electrons. The standard InChI is InChI=1S/C20H22N6/c1-13-8-16(9-13)25-19-15(10-21)12-24-20(26-19)22-7-6-14-11-23-18-5-3-2-4-17(14)18/h2-5,11-13,16,23H,6-9H2,1H3,(H2,22,24,25,26). The normalized spacial score (nSPS) is 18.9. The molecule has 1 aliphatic rings. The van der Waals surface area contributed by atoms with E-state index in [0.717, 1.165) is 37.2 Å². The third-order valence-corrected chi connectivity index (χ3v) is 4.98. The molecular weight excluding hydrogens is 324 g/mol. The molecule has 0 aliphatic heterocycles. The summed E-state index contributed by atoms with van der Waals surface area (Å²) in [5.41, 5.74) is 2.91. The van der Waals surface area contributed by atoms with Crippen molar-refractivity contribution in [3.63, 3.8) is 0 Å². The highest BCUT2D eigenvalue weighted by Crippen LogP contribution is 2.29. The van der Waals surface area contributed by atoms with Crippen LogP contribution < -0.4 is 10.6 Å². The second kappa shape index (κ2) is 7.04. The number of hydrogen-bond acceptors (Lipinski definition) is 5. The highest BCUT2D eigenvalue weighted by molar-refractivity contribution is 5.83. The first-order chi connectivity index (χ1) is 12.7. The van der Waals surface area contributed by atoms with Gasteiger partial charge >= 0.3 is 0 Å². The minimum atomic E-state index is 0.408. The van der Waals surface area contributed by atoms with Crippen molar-refractivity contribution in [2.24, 2.45) is 5.92 Å². The van der Waals surface area contributed by atoms with Crippen molar-refractivity contribution in [1.82, 2.24) is 15.0 Å². The SMILES string of the molecule is CC1CC(Nc2nc(NCCc3c[nH]c4ccccc34)ncc2C#N)C1. The van der Waals surface area contributed by atoms with Gasteiger partial charge in [0.1, 0.15) is 17.5 Å². The number of hydrogen-bond donors (Lipinski definition) is 3. The van der Waals surface area contributed by atoms with Gasteiger partial charge in [0.25, 0.3) is 0 Å². The highest BCUT2D eigenvalue weighted by atomic mass is 15.1. The molecule has 0 amide bonds. The lowest BCUT2D eigenvalue weighted by atomic mass is 9.82. The van der Waals surface area contributed by atoms with Crippen LogP contribution in [0.1, 0.15) is 30.9 Å². The maximum absolute atomic E-state index is 9.27. The van der Waals surface area contributed by atoms with Crippen molar-refractivity contribution < 1.29 is 0 Å². The van der Waals surface area contributed by atoms with E-state index >= 15 is 0 Å². The summed E-state index contributed by atoms with van der Waals surface area (Å²) in [6.07, 6.45) is 6.76. The fourth-order valence-corrected chi connectivity index (χ4v) is 3.52. The van der Waals surface area contributed by atoms with Crippen molar-refractivity contribution in [3.05, 3.63) is 47.8 Å². The van der Waals surface area contributed by atoms with Crippen LogP contribution >= 0.6 is 0 Å². The predicted molar refractivity (Wildman–Crippen MR) is 103 cm³/mol. The summed E-state index contributed by atoms with van der Waals surface area (Å²) in [4.78, 5) is 12.1. The number of benzene rings is 1. The summed E-state index contributed by atoms with van der Waals surface area (Å²) >= 11 is 0. The molecule has 26 heavy (non-hydrogen) atoms. The summed E-state index contributed by atoms with van der Waals surface area (Å²) in [5, 5.41) is 17.2. The molecule has 6 heteroatoms. The number of fused-ring (bicyclic) bond motifs is 1. The summed E-state index contributed by atoms with van der Waals surface area (Å²) in [6.45, 7) is 2.97. The van der Waals surface area contributed by atoms with Crippen LogP contribution in [-0.4, -0.2) is 27.5 Å². The molecule has 0 unspecified atom stereocenters. The van der Waals surface area contributed by atoms with Gasteiger partial charge in [-0.05, 0) is 36.8 Å². The van der Waals surface area contributed by atoms with Gasteiger partial charge in [0.2, 0.25) is 5.95 Å². The van der Waals surface area contributed by atoms with Gasteiger partial charge in [-0.1, -0.05) is 25.1 Å². The molecule has 1 aliphatic carbocycles. The largest absolute Gasteiger partial charge is 0.366 e.